The zero-order valence-electron chi connectivity index (χ0n) is 7.79. The highest BCUT2D eigenvalue weighted by molar-refractivity contribution is 14.1. The quantitative estimate of drug-likeness (QED) is 0.425. The molecular weight excluding hydrogens is 301 g/mol. The van der Waals surface area contributed by atoms with Crippen molar-refractivity contribution >= 4 is 35.9 Å². The average Bonchev–Trinajstić information content (AvgIpc) is 1.98. The molecule has 1 rings (SSSR count). The van der Waals surface area contributed by atoms with Crippen LogP contribution in [0.1, 0.15) is 0 Å². The third-order valence-electron chi connectivity index (χ3n) is 1.84. The molecule has 0 aliphatic rings. The third kappa shape index (κ3) is 2.28. The van der Waals surface area contributed by atoms with Crippen LogP contribution in [0.25, 0.3) is 0 Å². The van der Waals surface area contributed by atoms with Crippen LogP contribution >= 0.6 is 22.6 Å². The summed E-state index contributed by atoms with van der Waals surface area (Å²) >= 11 is 1.80. The maximum Gasteiger partial charge on any atom is 0.171 e. The van der Waals surface area contributed by atoms with Gasteiger partial charge in [0.05, 0.1) is 11.6 Å². The maximum atomic E-state index is 13.4. The molecule has 1 aromatic rings. The normalized spacial score (nSPS) is 11.8. The van der Waals surface area contributed by atoms with E-state index < -0.39 is 19.7 Å². The van der Waals surface area contributed by atoms with Crippen LogP contribution in [0.15, 0.2) is 12.1 Å². The molecule has 0 saturated heterocycles. The van der Waals surface area contributed by atoms with Crippen LogP contribution in [0.5, 0.6) is 0 Å². The zero-order chi connectivity index (χ0) is 10.2. The number of hydrogen-bond acceptors (Lipinski definition) is 0. The van der Waals surface area contributed by atoms with Crippen molar-refractivity contribution in [1.29, 1.82) is 0 Å². The van der Waals surface area contributed by atoms with E-state index in [1.54, 1.807) is 34.7 Å². The van der Waals surface area contributed by atoms with Gasteiger partial charge in [-0.05, 0) is 33.8 Å². The van der Waals surface area contributed by atoms with E-state index in [9.17, 15) is 8.78 Å². The van der Waals surface area contributed by atoms with Crippen LogP contribution in [0, 0.1) is 15.2 Å². The van der Waals surface area contributed by atoms with E-state index >= 15 is 0 Å². The van der Waals surface area contributed by atoms with E-state index in [2.05, 4.69) is 0 Å². The molecule has 0 aromatic heterocycles. The van der Waals surface area contributed by atoms with E-state index in [4.69, 9.17) is 0 Å². The number of rotatable bonds is 1. The Hall–Kier alpha value is 0.0269. The molecule has 0 radical (unpaired) electrons. The highest BCUT2D eigenvalue weighted by atomic mass is 127. The van der Waals surface area contributed by atoms with Gasteiger partial charge in [0.25, 0.3) is 0 Å². The van der Waals surface area contributed by atoms with Gasteiger partial charge in [-0.1, -0.05) is 25.7 Å². The minimum atomic E-state index is -1.75. The predicted octanol–water partition coefficient (Wildman–Crippen LogP) is 3.11. The van der Waals surface area contributed by atoms with E-state index in [1.165, 1.54) is 0 Å². The lowest BCUT2D eigenvalue weighted by Gasteiger charge is -2.17. The molecule has 72 valence electrons. The van der Waals surface area contributed by atoms with Crippen molar-refractivity contribution in [3.8, 4) is 0 Å². The van der Waals surface area contributed by atoms with Crippen molar-refractivity contribution in [2.45, 2.75) is 19.6 Å². The maximum absolute atomic E-state index is 13.4. The summed E-state index contributed by atoms with van der Waals surface area (Å²) in [6.45, 7) is 5.99. The summed E-state index contributed by atoms with van der Waals surface area (Å²) in [5.41, 5.74) is 0. The number of hydrogen-bond donors (Lipinski definition) is 0. The second kappa shape index (κ2) is 3.65. The Labute approximate surface area is 91.5 Å². The number of benzene rings is 1. The van der Waals surface area contributed by atoms with Gasteiger partial charge in [-0.3, -0.25) is 0 Å². The minimum Gasteiger partial charge on any atom is -0.204 e. The fraction of sp³-hybridized carbons (Fsp3) is 0.333. The molecule has 13 heavy (non-hydrogen) atoms. The Bertz CT molecular complexity index is 331. The SMILES string of the molecule is C[Si](C)(C)c1ccc(I)c(F)c1F. The van der Waals surface area contributed by atoms with Gasteiger partial charge in [-0.25, -0.2) is 8.78 Å². The molecule has 4 heteroatoms. The topological polar surface area (TPSA) is 0 Å². The van der Waals surface area contributed by atoms with Crippen molar-refractivity contribution in [3.63, 3.8) is 0 Å². The molecule has 0 aliphatic heterocycles. The molecule has 1 aromatic carbocycles. The molecule has 0 unspecified atom stereocenters. The van der Waals surface area contributed by atoms with Crippen molar-refractivity contribution in [1.82, 2.24) is 0 Å². The first-order valence-electron chi connectivity index (χ1n) is 3.98. The lowest BCUT2D eigenvalue weighted by atomic mass is 10.3. The lowest BCUT2D eigenvalue weighted by molar-refractivity contribution is 0.508. The Kier molecular flexibility index (Phi) is 3.11. The highest BCUT2D eigenvalue weighted by Crippen LogP contribution is 2.15. The largest absolute Gasteiger partial charge is 0.204 e. The zero-order valence-corrected chi connectivity index (χ0v) is 10.9. The standard InChI is InChI=1S/C9H11F2ISi/c1-13(2,3)7-5-4-6(12)8(10)9(7)11/h4-5H,1-3H3. The average molecular weight is 312 g/mol. The van der Waals surface area contributed by atoms with Gasteiger partial charge in [0.2, 0.25) is 0 Å². The van der Waals surface area contributed by atoms with Crippen molar-refractivity contribution in [2.75, 3.05) is 0 Å². The van der Waals surface area contributed by atoms with Crippen LogP contribution in [0.4, 0.5) is 8.78 Å². The molecule has 0 heterocycles. The van der Waals surface area contributed by atoms with E-state index in [0.717, 1.165) is 0 Å². The fourth-order valence-corrected chi connectivity index (χ4v) is 2.87. The summed E-state index contributed by atoms with van der Waals surface area (Å²) < 4.78 is 26.9. The van der Waals surface area contributed by atoms with Gasteiger partial charge in [-0.2, -0.15) is 0 Å². The van der Waals surface area contributed by atoms with Crippen LogP contribution in [0.3, 0.4) is 0 Å². The molecule has 0 amide bonds. The van der Waals surface area contributed by atoms with Gasteiger partial charge in [0, 0.05) is 0 Å². The minimum absolute atomic E-state index is 0.345. The Morgan fingerprint density at radius 1 is 1.08 bits per heavy atom. The molecule has 0 spiro atoms. The molecule has 0 nitrogen and oxygen atoms in total. The molecule has 0 fully saturated rings. The van der Waals surface area contributed by atoms with Gasteiger partial charge in [0.1, 0.15) is 0 Å². The van der Waals surface area contributed by atoms with Crippen molar-refractivity contribution in [2.24, 2.45) is 0 Å². The third-order valence-corrected chi connectivity index (χ3v) is 4.68. The van der Waals surface area contributed by atoms with Crippen LogP contribution in [-0.4, -0.2) is 8.07 Å². The van der Waals surface area contributed by atoms with E-state index in [0.29, 0.717) is 8.76 Å². The highest BCUT2D eigenvalue weighted by Gasteiger charge is 2.23. The molecule has 0 atom stereocenters. The summed E-state index contributed by atoms with van der Waals surface area (Å²) in [4.78, 5) is 0. The molecule has 0 aliphatic carbocycles. The lowest BCUT2D eigenvalue weighted by Crippen LogP contribution is -2.40. The first-order chi connectivity index (χ1) is 5.84. The monoisotopic (exact) mass is 312 g/mol. The molecule has 0 N–H and O–H groups in total. The van der Waals surface area contributed by atoms with Crippen LogP contribution < -0.4 is 5.19 Å². The molecule has 0 bridgehead atoms. The predicted molar refractivity (Wildman–Crippen MR) is 62.1 cm³/mol. The Morgan fingerprint density at radius 3 is 2.08 bits per heavy atom. The van der Waals surface area contributed by atoms with Crippen molar-refractivity contribution in [3.05, 3.63) is 27.3 Å². The van der Waals surface area contributed by atoms with Crippen molar-refractivity contribution < 1.29 is 8.78 Å². The summed E-state index contributed by atoms with van der Waals surface area (Å²) in [7, 11) is -1.75. The smallest absolute Gasteiger partial charge is 0.171 e. The van der Waals surface area contributed by atoms with Gasteiger partial charge in [0.15, 0.2) is 11.6 Å². The Morgan fingerprint density at radius 2 is 1.62 bits per heavy atom. The van der Waals surface area contributed by atoms with Crippen LogP contribution in [-0.2, 0) is 0 Å². The summed E-state index contributed by atoms with van der Waals surface area (Å²) in [6.07, 6.45) is 0. The second-order valence-electron chi connectivity index (χ2n) is 3.97. The van der Waals surface area contributed by atoms with Gasteiger partial charge in [-0.15, -0.1) is 0 Å². The fourth-order valence-electron chi connectivity index (χ4n) is 1.11. The summed E-state index contributed by atoms with van der Waals surface area (Å²) in [6, 6.07) is 3.33. The first-order valence-corrected chi connectivity index (χ1v) is 8.56. The van der Waals surface area contributed by atoms with Crippen LogP contribution in [0.2, 0.25) is 19.6 Å². The molecule has 0 saturated carbocycles. The van der Waals surface area contributed by atoms with Gasteiger partial charge < -0.3 is 0 Å². The number of halogens is 3. The van der Waals surface area contributed by atoms with E-state index in [1.807, 2.05) is 19.6 Å². The first kappa shape index (κ1) is 11.1. The van der Waals surface area contributed by atoms with Gasteiger partial charge >= 0.3 is 0 Å². The second-order valence-corrected chi connectivity index (χ2v) is 10.2. The summed E-state index contributed by atoms with van der Waals surface area (Å²) in [5, 5.41) is 0.561. The summed E-state index contributed by atoms with van der Waals surface area (Å²) in [5.74, 6) is -1.37. The van der Waals surface area contributed by atoms with E-state index in [-0.39, 0.29) is 0 Å². The Balaban J connectivity index is 3.35. The molecular formula is C9H11F2ISi.